The van der Waals surface area contributed by atoms with Crippen molar-refractivity contribution in [2.75, 3.05) is 13.1 Å². The number of para-hydroxylation sites is 1. The number of aromatic nitrogens is 1. The highest BCUT2D eigenvalue weighted by Crippen LogP contribution is 2.22. The molecule has 0 saturated carbocycles. The standard InChI is InChI=1S/C16H21N3O2/c1-11(17)12-5-4-8-19(10-12)16(20)9-14-13-6-2-3-7-15(13)21-18-14/h2-3,6-7,11-12H,4-5,8-10,17H2,1H3/t11-,12-/m1/s1. The molecule has 21 heavy (non-hydrogen) atoms. The van der Waals surface area contributed by atoms with E-state index in [4.69, 9.17) is 10.3 Å². The molecule has 1 fully saturated rings. The Hall–Kier alpha value is -1.88. The molecule has 1 aromatic heterocycles. The number of nitrogens with two attached hydrogens (primary N) is 1. The van der Waals surface area contributed by atoms with Crippen molar-refractivity contribution < 1.29 is 9.32 Å². The van der Waals surface area contributed by atoms with Crippen molar-refractivity contribution in [1.29, 1.82) is 0 Å². The second kappa shape index (κ2) is 5.85. The number of amides is 1. The highest BCUT2D eigenvalue weighted by Gasteiger charge is 2.26. The monoisotopic (exact) mass is 287 g/mol. The Bertz CT molecular complexity index is 635. The first kappa shape index (κ1) is 14.1. The minimum Gasteiger partial charge on any atom is -0.356 e. The van der Waals surface area contributed by atoms with Gasteiger partial charge in [0.05, 0.1) is 6.42 Å². The first-order chi connectivity index (χ1) is 10.1. The molecule has 2 N–H and O–H groups in total. The summed E-state index contributed by atoms with van der Waals surface area (Å²) in [6.45, 7) is 3.59. The lowest BCUT2D eigenvalue weighted by Crippen LogP contribution is -2.45. The second-order valence-corrected chi connectivity index (χ2v) is 5.90. The second-order valence-electron chi connectivity index (χ2n) is 5.90. The van der Waals surface area contributed by atoms with Gasteiger partial charge in [0.1, 0.15) is 5.69 Å². The van der Waals surface area contributed by atoms with Crippen LogP contribution in [0.15, 0.2) is 28.8 Å². The molecule has 112 valence electrons. The molecule has 0 spiro atoms. The first-order valence-corrected chi connectivity index (χ1v) is 7.52. The Morgan fingerprint density at radius 1 is 1.52 bits per heavy atom. The van der Waals surface area contributed by atoms with Gasteiger partial charge in [0, 0.05) is 24.5 Å². The predicted octanol–water partition coefficient (Wildman–Crippen LogP) is 1.96. The molecule has 2 heterocycles. The van der Waals surface area contributed by atoms with Gasteiger partial charge in [-0.05, 0) is 37.8 Å². The molecule has 1 aliphatic heterocycles. The van der Waals surface area contributed by atoms with Crippen LogP contribution in [0, 0.1) is 5.92 Å². The molecule has 0 aliphatic carbocycles. The summed E-state index contributed by atoms with van der Waals surface area (Å²) in [7, 11) is 0. The molecule has 0 unspecified atom stereocenters. The van der Waals surface area contributed by atoms with E-state index in [2.05, 4.69) is 5.16 Å². The summed E-state index contributed by atoms with van der Waals surface area (Å²) < 4.78 is 5.26. The zero-order chi connectivity index (χ0) is 14.8. The van der Waals surface area contributed by atoms with Gasteiger partial charge in [-0.1, -0.05) is 17.3 Å². The third kappa shape index (κ3) is 2.93. The molecule has 1 aliphatic rings. The number of hydrogen-bond acceptors (Lipinski definition) is 4. The maximum Gasteiger partial charge on any atom is 0.228 e. The van der Waals surface area contributed by atoms with Gasteiger partial charge < -0.3 is 15.2 Å². The summed E-state index contributed by atoms with van der Waals surface area (Å²) in [6.07, 6.45) is 2.43. The number of carbonyl (C=O) groups excluding carboxylic acids is 1. The lowest BCUT2D eigenvalue weighted by atomic mass is 9.92. The Morgan fingerprint density at radius 2 is 2.33 bits per heavy atom. The minimum absolute atomic E-state index is 0.111. The Morgan fingerprint density at radius 3 is 3.14 bits per heavy atom. The van der Waals surface area contributed by atoms with E-state index in [1.165, 1.54) is 0 Å². The van der Waals surface area contributed by atoms with Crippen LogP contribution >= 0.6 is 0 Å². The Kier molecular flexibility index (Phi) is 3.92. The quantitative estimate of drug-likeness (QED) is 0.936. The molecule has 0 radical (unpaired) electrons. The van der Waals surface area contributed by atoms with Crippen molar-refractivity contribution in [1.82, 2.24) is 10.1 Å². The molecular formula is C16H21N3O2. The number of piperidine rings is 1. The first-order valence-electron chi connectivity index (χ1n) is 7.52. The molecule has 2 atom stereocenters. The van der Waals surface area contributed by atoms with Crippen LogP contribution in [-0.4, -0.2) is 35.1 Å². The van der Waals surface area contributed by atoms with Gasteiger partial charge in [0.25, 0.3) is 0 Å². The zero-order valence-electron chi connectivity index (χ0n) is 12.3. The fraction of sp³-hybridized carbons (Fsp3) is 0.500. The number of likely N-dealkylation sites (tertiary alicyclic amines) is 1. The Labute approximate surface area is 124 Å². The predicted molar refractivity (Wildman–Crippen MR) is 80.7 cm³/mol. The summed E-state index contributed by atoms with van der Waals surface area (Å²) in [5, 5.41) is 4.96. The number of rotatable bonds is 3. The van der Waals surface area contributed by atoms with Crippen LogP contribution in [0.1, 0.15) is 25.5 Å². The smallest absolute Gasteiger partial charge is 0.228 e. The lowest BCUT2D eigenvalue weighted by Gasteiger charge is -2.34. The van der Waals surface area contributed by atoms with Gasteiger partial charge in [0.15, 0.2) is 5.58 Å². The SMILES string of the molecule is C[C@@H](N)[C@@H]1CCCN(C(=O)Cc2noc3ccccc23)C1. The molecule has 5 heteroatoms. The maximum atomic E-state index is 12.5. The van der Waals surface area contributed by atoms with E-state index in [0.717, 1.165) is 42.6 Å². The van der Waals surface area contributed by atoms with Gasteiger partial charge in [-0.2, -0.15) is 0 Å². The topological polar surface area (TPSA) is 72.4 Å². The molecule has 1 aromatic carbocycles. The molecule has 5 nitrogen and oxygen atoms in total. The highest BCUT2D eigenvalue weighted by atomic mass is 16.5. The van der Waals surface area contributed by atoms with Crippen LogP contribution in [0.5, 0.6) is 0 Å². The van der Waals surface area contributed by atoms with E-state index in [1.807, 2.05) is 36.1 Å². The largest absolute Gasteiger partial charge is 0.356 e. The van der Waals surface area contributed by atoms with Crippen LogP contribution < -0.4 is 5.73 Å². The van der Waals surface area contributed by atoms with Crippen molar-refractivity contribution in [3.63, 3.8) is 0 Å². The fourth-order valence-electron chi connectivity index (χ4n) is 2.99. The van der Waals surface area contributed by atoms with E-state index in [-0.39, 0.29) is 11.9 Å². The van der Waals surface area contributed by atoms with E-state index < -0.39 is 0 Å². The molecule has 0 bridgehead atoms. The molecule has 1 saturated heterocycles. The van der Waals surface area contributed by atoms with Crippen molar-refractivity contribution >= 4 is 16.9 Å². The average Bonchev–Trinajstić information content (AvgIpc) is 2.91. The van der Waals surface area contributed by atoms with Gasteiger partial charge in [-0.3, -0.25) is 4.79 Å². The van der Waals surface area contributed by atoms with Crippen molar-refractivity contribution in [2.24, 2.45) is 11.7 Å². The number of nitrogens with zero attached hydrogens (tertiary/aromatic N) is 2. The number of hydrogen-bond donors (Lipinski definition) is 1. The molecule has 1 amide bonds. The molecular weight excluding hydrogens is 266 g/mol. The summed E-state index contributed by atoms with van der Waals surface area (Å²) in [4.78, 5) is 14.4. The highest BCUT2D eigenvalue weighted by molar-refractivity contribution is 5.86. The van der Waals surface area contributed by atoms with Crippen LogP contribution in [0.25, 0.3) is 11.0 Å². The van der Waals surface area contributed by atoms with Crippen molar-refractivity contribution in [3.05, 3.63) is 30.0 Å². The minimum atomic E-state index is 0.111. The molecule has 3 rings (SSSR count). The summed E-state index contributed by atoms with van der Waals surface area (Å²) >= 11 is 0. The van der Waals surface area contributed by atoms with E-state index in [9.17, 15) is 4.79 Å². The lowest BCUT2D eigenvalue weighted by molar-refractivity contribution is -0.132. The average molecular weight is 287 g/mol. The summed E-state index contributed by atoms with van der Waals surface area (Å²) in [5.74, 6) is 0.510. The third-order valence-corrected chi connectivity index (χ3v) is 4.32. The number of fused-ring (bicyclic) bond motifs is 1. The van der Waals surface area contributed by atoms with Crippen LogP contribution in [-0.2, 0) is 11.2 Å². The fourth-order valence-corrected chi connectivity index (χ4v) is 2.99. The molecule has 2 aromatic rings. The van der Waals surface area contributed by atoms with Crippen LogP contribution in [0.2, 0.25) is 0 Å². The number of carbonyl (C=O) groups is 1. The van der Waals surface area contributed by atoms with Crippen molar-refractivity contribution in [3.8, 4) is 0 Å². The summed E-state index contributed by atoms with van der Waals surface area (Å²) in [6, 6.07) is 7.77. The van der Waals surface area contributed by atoms with Gasteiger partial charge >= 0.3 is 0 Å². The van der Waals surface area contributed by atoms with E-state index >= 15 is 0 Å². The summed E-state index contributed by atoms with van der Waals surface area (Å²) in [5.41, 5.74) is 7.42. The van der Waals surface area contributed by atoms with Gasteiger partial charge in [-0.15, -0.1) is 0 Å². The van der Waals surface area contributed by atoms with E-state index in [1.54, 1.807) is 0 Å². The van der Waals surface area contributed by atoms with Gasteiger partial charge in [0.2, 0.25) is 5.91 Å². The van der Waals surface area contributed by atoms with Crippen molar-refractivity contribution in [2.45, 2.75) is 32.2 Å². The Balaban J connectivity index is 1.71. The zero-order valence-corrected chi connectivity index (χ0v) is 12.3. The number of benzene rings is 1. The van der Waals surface area contributed by atoms with Crippen LogP contribution in [0.3, 0.4) is 0 Å². The normalized spacial score (nSPS) is 20.7. The third-order valence-electron chi connectivity index (χ3n) is 4.32. The van der Waals surface area contributed by atoms with E-state index in [0.29, 0.717) is 12.3 Å². The maximum absolute atomic E-state index is 12.5. The van der Waals surface area contributed by atoms with Gasteiger partial charge in [-0.25, -0.2) is 0 Å². The van der Waals surface area contributed by atoms with Crippen LogP contribution in [0.4, 0.5) is 0 Å².